The molecule has 0 aliphatic carbocycles. The molecule has 1 heterocycles. The van der Waals surface area contributed by atoms with Crippen molar-refractivity contribution in [3.05, 3.63) is 22.2 Å². The maximum Gasteiger partial charge on any atom is 0.262 e. The third-order valence-corrected chi connectivity index (χ3v) is 3.46. The number of ether oxygens (including phenoxy) is 1. The molecule has 1 aliphatic heterocycles. The predicted octanol–water partition coefficient (Wildman–Crippen LogP) is 2.98. The summed E-state index contributed by atoms with van der Waals surface area (Å²) in [7, 11) is 0. The van der Waals surface area contributed by atoms with Crippen LogP contribution in [-0.4, -0.2) is 24.2 Å². The van der Waals surface area contributed by atoms with Gasteiger partial charge in [-0.2, -0.15) is 0 Å². The second kappa shape index (κ2) is 5.71. The molecule has 0 atom stereocenters. The van der Waals surface area contributed by atoms with Crippen LogP contribution in [0.1, 0.15) is 23.2 Å². The Morgan fingerprint density at radius 2 is 2.28 bits per heavy atom. The Hall–Kier alpha value is -1.07. The number of anilines is 1. The SMILES string of the molecule is O=C1COc2cc(C(=O)CCCCl)c(Br)cc2N1. The molecular formula is C12H11BrClNO3. The molecule has 0 fully saturated rings. The molecule has 1 aromatic carbocycles. The van der Waals surface area contributed by atoms with Crippen molar-refractivity contribution >= 4 is 44.9 Å². The minimum Gasteiger partial charge on any atom is -0.482 e. The number of benzene rings is 1. The summed E-state index contributed by atoms with van der Waals surface area (Å²) < 4.78 is 5.92. The van der Waals surface area contributed by atoms with E-state index in [0.29, 0.717) is 40.2 Å². The van der Waals surface area contributed by atoms with Crippen LogP contribution in [0.25, 0.3) is 0 Å². The molecule has 0 spiro atoms. The van der Waals surface area contributed by atoms with Gasteiger partial charge in [0.1, 0.15) is 5.75 Å². The molecule has 0 radical (unpaired) electrons. The van der Waals surface area contributed by atoms with Crippen molar-refractivity contribution in [2.45, 2.75) is 12.8 Å². The van der Waals surface area contributed by atoms with Gasteiger partial charge in [-0.15, -0.1) is 11.6 Å². The van der Waals surface area contributed by atoms with Crippen LogP contribution >= 0.6 is 27.5 Å². The molecule has 1 aliphatic rings. The van der Waals surface area contributed by atoms with Crippen LogP contribution in [0.4, 0.5) is 5.69 Å². The fraction of sp³-hybridized carbons (Fsp3) is 0.333. The number of ketones is 1. The van der Waals surface area contributed by atoms with Crippen LogP contribution in [0.3, 0.4) is 0 Å². The van der Waals surface area contributed by atoms with Gasteiger partial charge < -0.3 is 10.1 Å². The topological polar surface area (TPSA) is 55.4 Å². The first-order valence-electron chi connectivity index (χ1n) is 5.47. The third-order valence-electron chi connectivity index (χ3n) is 2.54. The van der Waals surface area contributed by atoms with E-state index in [1.165, 1.54) is 0 Å². The molecule has 0 bridgehead atoms. The molecule has 2 rings (SSSR count). The largest absolute Gasteiger partial charge is 0.482 e. The van der Waals surface area contributed by atoms with Crippen LogP contribution < -0.4 is 10.1 Å². The maximum absolute atomic E-state index is 11.9. The monoisotopic (exact) mass is 331 g/mol. The zero-order valence-electron chi connectivity index (χ0n) is 9.46. The summed E-state index contributed by atoms with van der Waals surface area (Å²) in [4.78, 5) is 23.1. The summed E-state index contributed by atoms with van der Waals surface area (Å²) in [5.41, 5.74) is 1.13. The number of fused-ring (bicyclic) bond motifs is 1. The fourth-order valence-corrected chi connectivity index (χ4v) is 2.37. The molecule has 6 heteroatoms. The van der Waals surface area contributed by atoms with Crippen molar-refractivity contribution < 1.29 is 14.3 Å². The molecule has 1 N–H and O–H groups in total. The van der Waals surface area contributed by atoms with Gasteiger partial charge in [0.05, 0.1) is 5.69 Å². The van der Waals surface area contributed by atoms with E-state index < -0.39 is 0 Å². The number of carbonyl (C=O) groups is 2. The zero-order valence-corrected chi connectivity index (χ0v) is 11.8. The summed E-state index contributed by atoms with van der Waals surface area (Å²) in [6, 6.07) is 3.33. The summed E-state index contributed by atoms with van der Waals surface area (Å²) in [5.74, 6) is 0.786. The van der Waals surface area contributed by atoms with Crippen molar-refractivity contribution in [1.29, 1.82) is 0 Å². The Bertz CT molecular complexity index is 504. The molecular weight excluding hydrogens is 321 g/mol. The lowest BCUT2D eigenvalue weighted by molar-refractivity contribution is -0.118. The van der Waals surface area contributed by atoms with Crippen molar-refractivity contribution in [2.75, 3.05) is 17.8 Å². The number of amides is 1. The van der Waals surface area contributed by atoms with Gasteiger partial charge in [-0.3, -0.25) is 9.59 Å². The number of Topliss-reactive ketones (excluding diaryl/α,β-unsaturated/α-hetero) is 1. The number of hydrogen-bond donors (Lipinski definition) is 1. The highest BCUT2D eigenvalue weighted by molar-refractivity contribution is 9.10. The third kappa shape index (κ3) is 2.84. The average molecular weight is 333 g/mol. The van der Waals surface area contributed by atoms with Crippen LogP contribution in [-0.2, 0) is 4.79 Å². The molecule has 0 saturated carbocycles. The molecule has 4 nitrogen and oxygen atoms in total. The summed E-state index contributed by atoms with van der Waals surface area (Å²) in [6.45, 7) is -0.0239. The van der Waals surface area contributed by atoms with E-state index in [1.54, 1.807) is 12.1 Å². The normalized spacial score (nSPS) is 13.6. The van der Waals surface area contributed by atoms with Crippen LogP contribution in [0, 0.1) is 0 Å². The van der Waals surface area contributed by atoms with E-state index in [1.807, 2.05) is 0 Å². The van der Waals surface area contributed by atoms with Gasteiger partial charge in [-0.25, -0.2) is 0 Å². The van der Waals surface area contributed by atoms with Gasteiger partial charge in [0.15, 0.2) is 12.4 Å². The van der Waals surface area contributed by atoms with Crippen molar-refractivity contribution in [2.24, 2.45) is 0 Å². The molecule has 1 aromatic rings. The van der Waals surface area contributed by atoms with Gasteiger partial charge in [0.2, 0.25) is 0 Å². The van der Waals surface area contributed by atoms with E-state index in [-0.39, 0.29) is 18.3 Å². The highest BCUT2D eigenvalue weighted by atomic mass is 79.9. The summed E-state index contributed by atoms with van der Waals surface area (Å²) >= 11 is 8.90. The second-order valence-electron chi connectivity index (χ2n) is 3.88. The number of halogens is 2. The average Bonchev–Trinajstić information content (AvgIpc) is 2.35. The van der Waals surface area contributed by atoms with Crippen LogP contribution in [0.15, 0.2) is 16.6 Å². The molecule has 96 valence electrons. The minimum atomic E-state index is -0.199. The quantitative estimate of drug-likeness (QED) is 0.681. The Kier molecular flexibility index (Phi) is 4.24. The minimum absolute atomic E-state index is 0.00539. The first kappa shape index (κ1) is 13.4. The van der Waals surface area contributed by atoms with Crippen LogP contribution in [0.2, 0.25) is 0 Å². The zero-order chi connectivity index (χ0) is 13.1. The van der Waals surface area contributed by atoms with E-state index in [9.17, 15) is 9.59 Å². The van der Waals surface area contributed by atoms with E-state index in [2.05, 4.69) is 21.2 Å². The van der Waals surface area contributed by atoms with E-state index in [0.717, 1.165) is 0 Å². The molecule has 0 unspecified atom stereocenters. The van der Waals surface area contributed by atoms with Gasteiger partial charge in [-0.05, 0) is 34.5 Å². The predicted molar refractivity (Wildman–Crippen MR) is 72.6 cm³/mol. The number of hydrogen-bond acceptors (Lipinski definition) is 3. The van der Waals surface area contributed by atoms with Gasteiger partial charge in [0, 0.05) is 22.3 Å². The van der Waals surface area contributed by atoms with Crippen LogP contribution in [0.5, 0.6) is 5.75 Å². The Morgan fingerprint density at radius 1 is 1.50 bits per heavy atom. The number of alkyl halides is 1. The van der Waals surface area contributed by atoms with Gasteiger partial charge in [-0.1, -0.05) is 0 Å². The van der Waals surface area contributed by atoms with E-state index >= 15 is 0 Å². The molecule has 0 aromatic heterocycles. The van der Waals surface area contributed by atoms with Gasteiger partial charge >= 0.3 is 0 Å². The summed E-state index contributed by atoms with van der Waals surface area (Å²) in [5, 5.41) is 2.68. The number of rotatable bonds is 4. The molecule has 18 heavy (non-hydrogen) atoms. The van der Waals surface area contributed by atoms with Gasteiger partial charge in [0.25, 0.3) is 5.91 Å². The number of nitrogens with one attached hydrogen (secondary N) is 1. The van der Waals surface area contributed by atoms with Crippen molar-refractivity contribution in [3.8, 4) is 5.75 Å². The Morgan fingerprint density at radius 3 is 3.00 bits per heavy atom. The molecule has 0 saturated heterocycles. The molecule has 1 amide bonds. The standard InChI is InChI=1S/C12H11BrClNO3/c13-8-5-9-11(18-6-12(17)15-9)4-7(8)10(16)2-1-3-14/h4-5H,1-3,6H2,(H,15,17). The Balaban J connectivity index is 2.27. The Labute approximate surface area is 118 Å². The van der Waals surface area contributed by atoms with Crippen molar-refractivity contribution in [1.82, 2.24) is 0 Å². The second-order valence-corrected chi connectivity index (χ2v) is 5.11. The lowest BCUT2D eigenvalue weighted by atomic mass is 10.1. The lowest BCUT2D eigenvalue weighted by Gasteiger charge is -2.19. The van der Waals surface area contributed by atoms with Crippen molar-refractivity contribution in [3.63, 3.8) is 0 Å². The summed E-state index contributed by atoms with van der Waals surface area (Å²) in [6.07, 6.45) is 1.04. The highest BCUT2D eigenvalue weighted by Crippen LogP contribution is 2.34. The smallest absolute Gasteiger partial charge is 0.262 e. The maximum atomic E-state index is 11.9. The highest BCUT2D eigenvalue weighted by Gasteiger charge is 2.20. The number of carbonyl (C=O) groups excluding carboxylic acids is 2. The lowest BCUT2D eigenvalue weighted by Crippen LogP contribution is -2.25. The fourth-order valence-electron chi connectivity index (χ4n) is 1.68. The first-order valence-corrected chi connectivity index (χ1v) is 6.80. The first-order chi connectivity index (χ1) is 8.61. The van der Waals surface area contributed by atoms with E-state index in [4.69, 9.17) is 16.3 Å².